The predicted molar refractivity (Wildman–Crippen MR) is 61.4 cm³/mol. The lowest BCUT2D eigenvalue weighted by molar-refractivity contribution is -0.139. The largest absolute Gasteiger partial charge is 0.481 e. The molecule has 1 heterocycles. The number of hydrogen-bond acceptors (Lipinski definition) is 3. The van der Waals surface area contributed by atoms with Crippen molar-refractivity contribution in [2.45, 2.75) is 32.7 Å². The van der Waals surface area contributed by atoms with Crippen molar-refractivity contribution in [1.29, 1.82) is 0 Å². The van der Waals surface area contributed by atoms with Crippen molar-refractivity contribution in [2.24, 2.45) is 0 Å². The number of aromatic nitrogens is 2. The number of carbonyl (C=O) groups is 2. The standard InChI is InChI=1S/C11H17N3O3/c1-8(2)14(6-4-11(16)17)10(15)7-9-3-5-12-13-9/h3,5,8H,4,6-7H2,1-2H3,(H,12,13)(H,16,17). The summed E-state index contributed by atoms with van der Waals surface area (Å²) in [5.41, 5.74) is 0.732. The fourth-order valence-electron chi connectivity index (χ4n) is 1.53. The molecule has 0 radical (unpaired) electrons. The second-order valence-electron chi connectivity index (χ2n) is 4.08. The fourth-order valence-corrected chi connectivity index (χ4v) is 1.53. The summed E-state index contributed by atoms with van der Waals surface area (Å²) in [5.74, 6) is -0.990. The molecule has 0 fully saturated rings. The van der Waals surface area contributed by atoms with E-state index in [0.29, 0.717) is 0 Å². The second kappa shape index (κ2) is 6.03. The zero-order valence-electron chi connectivity index (χ0n) is 10.0. The van der Waals surface area contributed by atoms with E-state index in [4.69, 9.17) is 5.11 Å². The minimum Gasteiger partial charge on any atom is -0.481 e. The normalized spacial score (nSPS) is 10.5. The Morgan fingerprint density at radius 3 is 2.71 bits per heavy atom. The molecule has 6 nitrogen and oxygen atoms in total. The Balaban J connectivity index is 2.57. The Kier molecular flexibility index (Phi) is 4.68. The van der Waals surface area contributed by atoms with E-state index in [1.807, 2.05) is 13.8 Å². The minimum absolute atomic E-state index is 0.00947. The van der Waals surface area contributed by atoms with Gasteiger partial charge in [0, 0.05) is 24.5 Å². The lowest BCUT2D eigenvalue weighted by atomic mass is 10.2. The maximum atomic E-state index is 11.9. The van der Waals surface area contributed by atoms with E-state index in [0.717, 1.165) is 5.69 Å². The summed E-state index contributed by atoms with van der Waals surface area (Å²) in [6.45, 7) is 3.97. The predicted octanol–water partition coefficient (Wildman–Crippen LogP) is 0.664. The summed E-state index contributed by atoms with van der Waals surface area (Å²) in [6, 6.07) is 1.72. The first-order valence-corrected chi connectivity index (χ1v) is 5.50. The molecule has 1 amide bonds. The molecule has 0 aliphatic rings. The number of hydrogen-bond donors (Lipinski definition) is 2. The molecule has 0 bridgehead atoms. The third-order valence-electron chi connectivity index (χ3n) is 2.41. The Bertz CT molecular complexity index is 373. The first-order valence-electron chi connectivity index (χ1n) is 5.50. The summed E-state index contributed by atoms with van der Waals surface area (Å²) >= 11 is 0. The molecule has 0 unspecified atom stereocenters. The Morgan fingerprint density at radius 2 is 2.24 bits per heavy atom. The van der Waals surface area contributed by atoms with Gasteiger partial charge in [0.1, 0.15) is 0 Å². The average Bonchev–Trinajstić information content (AvgIpc) is 2.69. The van der Waals surface area contributed by atoms with E-state index in [2.05, 4.69) is 10.2 Å². The number of carboxylic acid groups (broad SMARTS) is 1. The summed E-state index contributed by atoms with van der Waals surface area (Å²) in [4.78, 5) is 24.0. The van der Waals surface area contributed by atoms with Gasteiger partial charge in [0.25, 0.3) is 0 Å². The van der Waals surface area contributed by atoms with Gasteiger partial charge in [0.2, 0.25) is 5.91 Å². The SMILES string of the molecule is CC(C)N(CCC(=O)O)C(=O)Cc1ccn[nH]1. The highest BCUT2D eigenvalue weighted by molar-refractivity contribution is 5.79. The van der Waals surface area contributed by atoms with E-state index in [9.17, 15) is 9.59 Å². The van der Waals surface area contributed by atoms with E-state index in [1.54, 1.807) is 17.2 Å². The smallest absolute Gasteiger partial charge is 0.305 e. The molecule has 0 saturated heterocycles. The second-order valence-corrected chi connectivity index (χ2v) is 4.08. The molecule has 2 N–H and O–H groups in total. The number of H-pyrrole nitrogens is 1. The van der Waals surface area contributed by atoms with Crippen LogP contribution in [-0.4, -0.2) is 44.7 Å². The van der Waals surface area contributed by atoms with Gasteiger partial charge in [0.05, 0.1) is 12.8 Å². The van der Waals surface area contributed by atoms with Gasteiger partial charge in [0.15, 0.2) is 0 Å². The van der Waals surface area contributed by atoms with Gasteiger partial charge in [-0.15, -0.1) is 0 Å². The topological polar surface area (TPSA) is 86.3 Å². The van der Waals surface area contributed by atoms with Crippen LogP contribution in [0.5, 0.6) is 0 Å². The summed E-state index contributed by atoms with van der Waals surface area (Å²) in [6.07, 6.45) is 1.77. The maximum absolute atomic E-state index is 11.9. The molecular weight excluding hydrogens is 222 g/mol. The Labute approximate surface area is 99.6 Å². The van der Waals surface area contributed by atoms with Crippen molar-refractivity contribution in [3.8, 4) is 0 Å². The van der Waals surface area contributed by atoms with Crippen molar-refractivity contribution in [2.75, 3.05) is 6.54 Å². The van der Waals surface area contributed by atoms with Crippen molar-refractivity contribution in [1.82, 2.24) is 15.1 Å². The van der Waals surface area contributed by atoms with Crippen LogP contribution < -0.4 is 0 Å². The molecule has 17 heavy (non-hydrogen) atoms. The third kappa shape index (κ3) is 4.26. The number of amides is 1. The molecule has 1 aromatic rings. The molecule has 0 aliphatic carbocycles. The molecular formula is C11H17N3O3. The lowest BCUT2D eigenvalue weighted by Crippen LogP contribution is -2.39. The van der Waals surface area contributed by atoms with Crippen LogP contribution in [0.4, 0.5) is 0 Å². The van der Waals surface area contributed by atoms with Gasteiger partial charge in [-0.3, -0.25) is 14.7 Å². The van der Waals surface area contributed by atoms with E-state index < -0.39 is 5.97 Å². The number of nitrogens with one attached hydrogen (secondary N) is 1. The van der Waals surface area contributed by atoms with Crippen molar-refractivity contribution in [3.63, 3.8) is 0 Å². The van der Waals surface area contributed by atoms with Crippen LogP contribution in [0.3, 0.4) is 0 Å². The number of rotatable bonds is 6. The zero-order valence-corrected chi connectivity index (χ0v) is 10.0. The van der Waals surface area contributed by atoms with Gasteiger partial charge in [-0.25, -0.2) is 0 Å². The van der Waals surface area contributed by atoms with Gasteiger partial charge in [-0.2, -0.15) is 5.10 Å². The fraction of sp³-hybridized carbons (Fsp3) is 0.545. The quantitative estimate of drug-likeness (QED) is 0.763. The van der Waals surface area contributed by atoms with Crippen LogP contribution in [0, 0.1) is 0 Å². The molecule has 1 aromatic heterocycles. The highest BCUT2D eigenvalue weighted by Gasteiger charge is 2.18. The van der Waals surface area contributed by atoms with Gasteiger partial charge < -0.3 is 10.0 Å². The Morgan fingerprint density at radius 1 is 1.53 bits per heavy atom. The van der Waals surface area contributed by atoms with E-state index in [-0.39, 0.29) is 31.3 Å². The third-order valence-corrected chi connectivity index (χ3v) is 2.41. The molecule has 1 rings (SSSR count). The minimum atomic E-state index is -0.898. The molecule has 0 atom stereocenters. The van der Waals surface area contributed by atoms with Crippen molar-refractivity contribution in [3.05, 3.63) is 18.0 Å². The summed E-state index contributed by atoms with van der Waals surface area (Å²) in [5, 5.41) is 15.1. The summed E-state index contributed by atoms with van der Waals surface area (Å²) in [7, 11) is 0. The molecule has 0 aromatic carbocycles. The first-order chi connectivity index (χ1) is 8.00. The van der Waals surface area contributed by atoms with Gasteiger partial charge in [-0.05, 0) is 19.9 Å². The molecule has 0 saturated carbocycles. The van der Waals surface area contributed by atoms with Crippen LogP contribution >= 0.6 is 0 Å². The van der Waals surface area contributed by atoms with Crippen molar-refractivity contribution >= 4 is 11.9 Å². The highest BCUT2D eigenvalue weighted by Crippen LogP contribution is 2.05. The first kappa shape index (κ1) is 13.2. The monoisotopic (exact) mass is 239 g/mol. The van der Waals surface area contributed by atoms with Crippen LogP contribution in [0.1, 0.15) is 26.0 Å². The van der Waals surface area contributed by atoms with Crippen LogP contribution in [0.15, 0.2) is 12.3 Å². The molecule has 94 valence electrons. The molecule has 0 aliphatic heterocycles. The number of nitrogens with zero attached hydrogens (tertiary/aromatic N) is 2. The van der Waals surface area contributed by atoms with Crippen LogP contribution in [-0.2, 0) is 16.0 Å². The van der Waals surface area contributed by atoms with Gasteiger partial charge in [-0.1, -0.05) is 0 Å². The van der Waals surface area contributed by atoms with Gasteiger partial charge >= 0.3 is 5.97 Å². The van der Waals surface area contributed by atoms with E-state index in [1.165, 1.54) is 0 Å². The number of aliphatic carboxylic acids is 1. The summed E-state index contributed by atoms with van der Waals surface area (Å²) < 4.78 is 0. The van der Waals surface area contributed by atoms with Crippen LogP contribution in [0.25, 0.3) is 0 Å². The number of carbonyl (C=O) groups excluding carboxylic acids is 1. The Hall–Kier alpha value is -1.85. The molecule has 0 spiro atoms. The van der Waals surface area contributed by atoms with Crippen molar-refractivity contribution < 1.29 is 14.7 Å². The highest BCUT2D eigenvalue weighted by atomic mass is 16.4. The zero-order chi connectivity index (χ0) is 12.8. The van der Waals surface area contributed by atoms with Crippen LogP contribution in [0.2, 0.25) is 0 Å². The maximum Gasteiger partial charge on any atom is 0.305 e. The lowest BCUT2D eigenvalue weighted by Gasteiger charge is -2.26. The average molecular weight is 239 g/mol. The number of aromatic amines is 1. The van der Waals surface area contributed by atoms with E-state index >= 15 is 0 Å². The molecule has 6 heteroatoms. The number of carboxylic acids is 1.